The Labute approximate surface area is 137 Å². The second kappa shape index (κ2) is 6.42. The molecule has 5 nitrogen and oxygen atoms in total. The third kappa shape index (κ3) is 3.90. The molecule has 0 heterocycles. The number of carbonyl (C=O) groups excluding carboxylic acids is 1. The Hall–Kier alpha value is -2.34. The minimum Gasteiger partial charge on any atom is -0.345 e. The number of nitrogens with zero attached hydrogens (tertiary/aromatic N) is 1. The molecule has 2 rings (SSSR count). The monoisotopic (exact) mass is 332 g/mol. The van der Waals surface area contributed by atoms with Crippen molar-refractivity contribution >= 4 is 21.6 Å². The summed E-state index contributed by atoms with van der Waals surface area (Å²) in [7, 11) is -0.386. The molecule has 0 aromatic heterocycles. The molecule has 0 radical (unpaired) electrons. The molecule has 0 saturated carbocycles. The summed E-state index contributed by atoms with van der Waals surface area (Å²) in [6.07, 6.45) is 0. The van der Waals surface area contributed by atoms with Crippen LogP contribution in [0.15, 0.2) is 47.4 Å². The lowest BCUT2D eigenvalue weighted by atomic mass is 10.1. The van der Waals surface area contributed by atoms with Gasteiger partial charge in [0.1, 0.15) is 0 Å². The van der Waals surface area contributed by atoms with Gasteiger partial charge in [0.05, 0.1) is 4.90 Å². The van der Waals surface area contributed by atoms with Crippen LogP contribution in [0.1, 0.15) is 21.5 Å². The van der Waals surface area contributed by atoms with Crippen LogP contribution in [0.25, 0.3) is 0 Å². The number of aryl methyl sites for hydroxylation is 2. The van der Waals surface area contributed by atoms with Crippen LogP contribution >= 0.6 is 0 Å². The van der Waals surface area contributed by atoms with E-state index in [-0.39, 0.29) is 10.8 Å². The molecule has 0 aliphatic rings. The fourth-order valence-electron chi connectivity index (χ4n) is 2.05. The van der Waals surface area contributed by atoms with Gasteiger partial charge in [0, 0.05) is 25.3 Å². The lowest BCUT2D eigenvalue weighted by Crippen LogP contribution is -2.21. The van der Waals surface area contributed by atoms with E-state index in [1.807, 2.05) is 19.9 Å². The van der Waals surface area contributed by atoms with Crippen LogP contribution in [0.4, 0.5) is 5.69 Å². The second-order valence-corrected chi connectivity index (χ2v) is 7.31. The van der Waals surface area contributed by atoms with E-state index < -0.39 is 10.0 Å². The van der Waals surface area contributed by atoms with Gasteiger partial charge >= 0.3 is 0 Å². The highest BCUT2D eigenvalue weighted by Gasteiger charge is 2.16. The van der Waals surface area contributed by atoms with E-state index in [4.69, 9.17) is 0 Å². The van der Waals surface area contributed by atoms with E-state index in [1.165, 1.54) is 29.2 Å². The van der Waals surface area contributed by atoms with Gasteiger partial charge in [0.15, 0.2) is 0 Å². The lowest BCUT2D eigenvalue weighted by molar-refractivity contribution is 0.0827. The molecule has 0 aliphatic carbocycles. The Bertz CT molecular complexity index is 825. The minimum atomic E-state index is -3.68. The summed E-state index contributed by atoms with van der Waals surface area (Å²) in [6, 6.07) is 11.3. The smallest absolute Gasteiger partial charge is 0.261 e. The number of hydrogen-bond donors (Lipinski definition) is 1. The van der Waals surface area contributed by atoms with Gasteiger partial charge < -0.3 is 4.90 Å². The Balaban J connectivity index is 2.25. The van der Waals surface area contributed by atoms with Gasteiger partial charge in [-0.15, -0.1) is 0 Å². The zero-order valence-corrected chi connectivity index (χ0v) is 14.4. The number of anilines is 1. The second-order valence-electron chi connectivity index (χ2n) is 5.63. The predicted octanol–water partition coefficient (Wildman–Crippen LogP) is 2.81. The summed E-state index contributed by atoms with van der Waals surface area (Å²) in [6.45, 7) is 3.89. The molecule has 0 unspecified atom stereocenters. The summed E-state index contributed by atoms with van der Waals surface area (Å²) in [5, 5.41) is 0. The van der Waals surface area contributed by atoms with Crippen molar-refractivity contribution in [2.75, 3.05) is 18.8 Å². The van der Waals surface area contributed by atoms with Crippen LogP contribution in [0.5, 0.6) is 0 Å². The van der Waals surface area contributed by atoms with Crippen LogP contribution in [-0.2, 0) is 10.0 Å². The van der Waals surface area contributed by atoms with Crippen LogP contribution in [0.2, 0.25) is 0 Å². The third-order valence-corrected chi connectivity index (χ3v) is 4.97. The molecule has 0 spiro atoms. The average Bonchev–Trinajstić information content (AvgIpc) is 2.50. The van der Waals surface area contributed by atoms with Gasteiger partial charge in [-0.25, -0.2) is 8.42 Å². The summed E-state index contributed by atoms with van der Waals surface area (Å²) in [5.41, 5.74) is 3.07. The van der Waals surface area contributed by atoms with Crippen LogP contribution in [0, 0.1) is 13.8 Å². The summed E-state index contributed by atoms with van der Waals surface area (Å²) in [5.74, 6) is -0.170. The average molecular weight is 332 g/mol. The molecular weight excluding hydrogens is 312 g/mol. The maximum Gasteiger partial charge on any atom is 0.261 e. The van der Waals surface area contributed by atoms with E-state index in [0.29, 0.717) is 11.3 Å². The molecule has 0 fully saturated rings. The highest BCUT2D eigenvalue weighted by Crippen LogP contribution is 2.19. The molecule has 1 N–H and O–H groups in total. The van der Waals surface area contributed by atoms with Gasteiger partial charge in [-0.05, 0) is 61.4 Å². The fraction of sp³-hybridized carbons (Fsp3) is 0.235. The zero-order valence-electron chi connectivity index (χ0n) is 13.6. The largest absolute Gasteiger partial charge is 0.345 e. The first-order valence-electron chi connectivity index (χ1n) is 7.12. The molecule has 0 saturated heterocycles. The molecule has 0 atom stereocenters. The van der Waals surface area contributed by atoms with Crippen molar-refractivity contribution in [2.45, 2.75) is 18.7 Å². The van der Waals surface area contributed by atoms with Crippen LogP contribution < -0.4 is 4.72 Å². The Morgan fingerprint density at radius 3 is 2.09 bits per heavy atom. The van der Waals surface area contributed by atoms with Crippen molar-refractivity contribution in [3.63, 3.8) is 0 Å². The van der Waals surface area contributed by atoms with Gasteiger partial charge in [-0.2, -0.15) is 0 Å². The first-order valence-corrected chi connectivity index (χ1v) is 8.61. The maximum atomic E-state index is 12.4. The quantitative estimate of drug-likeness (QED) is 0.936. The number of carbonyl (C=O) groups is 1. The van der Waals surface area contributed by atoms with Crippen molar-refractivity contribution in [2.24, 2.45) is 0 Å². The van der Waals surface area contributed by atoms with Gasteiger partial charge in [0.25, 0.3) is 15.9 Å². The van der Waals surface area contributed by atoms with E-state index in [1.54, 1.807) is 26.2 Å². The Morgan fingerprint density at radius 1 is 0.957 bits per heavy atom. The highest BCUT2D eigenvalue weighted by molar-refractivity contribution is 7.92. The SMILES string of the molecule is Cc1ccc(NS(=O)(=O)c2ccc(C(=O)N(C)C)cc2)cc1C. The van der Waals surface area contributed by atoms with E-state index in [0.717, 1.165) is 11.1 Å². The number of amides is 1. The molecule has 0 bridgehead atoms. The van der Waals surface area contributed by atoms with E-state index in [9.17, 15) is 13.2 Å². The molecular formula is C17H20N2O3S. The molecule has 2 aromatic carbocycles. The lowest BCUT2D eigenvalue weighted by Gasteiger charge is -2.12. The number of benzene rings is 2. The highest BCUT2D eigenvalue weighted by atomic mass is 32.2. The molecule has 6 heteroatoms. The molecule has 122 valence electrons. The van der Waals surface area contributed by atoms with Gasteiger partial charge in [-0.3, -0.25) is 9.52 Å². The molecule has 1 amide bonds. The summed E-state index contributed by atoms with van der Waals surface area (Å²) >= 11 is 0. The summed E-state index contributed by atoms with van der Waals surface area (Å²) < 4.78 is 27.4. The maximum absolute atomic E-state index is 12.4. The minimum absolute atomic E-state index is 0.117. The first kappa shape index (κ1) is 17.0. The van der Waals surface area contributed by atoms with Crippen molar-refractivity contribution in [1.29, 1.82) is 0 Å². The number of hydrogen-bond acceptors (Lipinski definition) is 3. The number of sulfonamides is 1. The van der Waals surface area contributed by atoms with Crippen molar-refractivity contribution in [3.05, 3.63) is 59.2 Å². The van der Waals surface area contributed by atoms with Crippen LogP contribution in [0.3, 0.4) is 0 Å². The van der Waals surface area contributed by atoms with Gasteiger partial charge in [0.2, 0.25) is 0 Å². The Morgan fingerprint density at radius 2 is 1.57 bits per heavy atom. The van der Waals surface area contributed by atoms with E-state index >= 15 is 0 Å². The number of rotatable bonds is 4. The Kier molecular flexibility index (Phi) is 4.75. The first-order chi connectivity index (χ1) is 10.7. The summed E-state index contributed by atoms with van der Waals surface area (Å²) in [4.78, 5) is 13.4. The van der Waals surface area contributed by atoms with Gasteiger partial charge in [-0.1, -0.05) is 6.07 Å². The standard InChI is InChI=1S/C17H20N2O3S/c1-12-5-8-15(11-13(12)2)18-23(21,22)16-9-6-14(7-10-16)17(20)19(3)4/h5-11,18H,1-4H3. The molecule has 23 heavy (non-hydrogen) atoms. The normalized spacial score (nSPS) is 11.1. The van der Waals surface area contributed by atoms with E-state index in [2.05, 4.69) is 4.72 Å². The fourth-order valence-corrected chi connectivity index (χ4v) is 3.10. The topological polar surface area (TPSA) is 66.5 Å². The zero-order chi connectivity index (χ0) is 17.2. The van der Waals surface area contributed by atoms with Crippen molar-refractivity contribution in [1.82, 2.24) is 4.90 Å². The number of nitrogens with one attached hydrogen (secondary N) is 1. The molecule has 2 aromatic rings. The third-order valence-electron chi connectivity index (χ3n) is 3.58. The molecule has 0 aliphatic heterocycles. The predicted molar refractivity (Wildman–Crippen MR) is 91.2 cm³/mol. The van der Waals surface area contributed by atoms with Crippen molar-refractivity contribution < 1.29 is 13.2 Å². The van der Waals surface area contributed by atoms with Crippen molar-refractivity contribution in [3.8, 4) is 0 Å². The van der Waals surface area contributed by atoms with Crippen LogP contribution in [-0.4, -0.2) is 33.3 Å².